The van der Waals surface area contributed by atoms with E-state index in [0.717, 1.165) is 18.4 Å². The minimum atomic E-state index is -3.46. The molecule has 1 fully saturated rings. The van der Waals surface area contributed by atoms with Gasteiger partial charge in [0.25, 0.3) is 0 Å². The summed E-state index contributed by atoms with van der Waals surface area (Å²) < 4.78 is 45.3. The zero-order valence-electron chi connectivity index (χ0n) is 15.4. The standard InChI is InChI=1S/C20H23FN2O4S/c21-16-3-1-4-18(13-16)27-12-2-5-20(24)22-14-15-6-10-19(11-7-15)28(25,26)23-17-8-9-17/h1,3-4,6-7,10-11,13,17,23H,2,5,8-9,12,14H2,(H,22,24). The van der Waals surface area contributed by atoms with E-state index in [9.17, 15) is 17.6 Å². The molecular formula is C20H23FN2O4S. The van der Waals surface area contributed by atoms with Crippen molar-refractivity contribution in [3.8, 4) is 5.75 Å². The van der Waals surface area contributed by atoms with Crippen molar-refractivity contribution in [1.82, 2.24) is 10.0 Å². The molecule has 1 amide bonds. The summed E-state index contributed by atoms with van der Waals surface area (Å²) in [6.45, 7) is 0.636. The Morgan fingerprint density at radius 1 is 1.14 bits per heavy atom. The van der Waals surface area contributed by atoms with E-state index in [0.29, 0.717) is 25.3 Å². The van der Waals surface area contributed by atoms with Gasteiger partial charge in [0.15, 0.2) is 0 Å². The topological polar surface area (TPSA) is 84.5 Å². The molecule has 150 valence electrons. The van der Waals surface area contributed by atoms with Crippen LogP contribution in [0.3, 0.4) is 0 Å². The zero-order chi connectivity index (χ0) is 20.0. The number of hydrogen-bond donors (Lipinski definition) is 2. The Hall–Kier alpha value is -2.45. The summed E-state index contributed by atoms with van der Waals surface area (Å²) in [5, 5.41) is 2.79. The van der Waals surface area contributed by atoms with Crippen LogP contribution in [-0.4, -0.2) is 27.0 Å². The molecule has 28 heavy (non-hydrogen) atoms. The van der Waals surface area contributed by atoms with Crippen LogP contribution in [-0.2, 0) is 21.4 Å². The number of benzene rings is 2. The monoisotopic (exact) mass is 406 g/mol. The third kappa shape index (κ3) is 6.31. The maximum absolute atomic E-state index is 13.0. The molecule has 1 aliphatic carbocycles. The van der Waals surface area contributed by atoms with Gasteiger partial charge in [-0.3, -0.25) is 4.79 Å². The number of amides is 1. The second-order valence-electron chi connectivity index (χ2n) is 6.73. The van der Waals surface area contributed by atoms with Gasteiger partial charge in [-0.15, -0.1) is 0 Å². The zero-order valence-corrected chi connectivity index (χ0v) is 16.2. The van der Waals surface area contributed by atoms with Crippen molar-refractivity contribution in [2.24, 2.45) is 0 Å². The number of hydrogen-bond acceptors (Lipinski definition) is 4. The Morgan fingerprint density at radius 2 is 1.89 bits per heavy atom. The first-order valence-electron chi connectivity index (χ1n) is 9.19. The molecule has 8 heteroatoms. The lowest BCUT2D eigenvalue weighted by Gasteiger charge is -2.09. The molecule has 1 saturated carbocycles. The molecule has 0 spiro atoms. The van der Waals surface area contributed by atoms with Crippen molar-refractivity contribution in [2.75, 3.05) is 6.61 Å². The lowest BCUT2D eigenvalue weighted by atomic mass is 10.2. The van der Waals surface area contributed by atoms with Gasteiger partial charge >= 0.3 is 0 Å². The third-order valence-electron chi connectivity index (χ3n) is 4.24. The number of sulfonamides is 1. The van der Waals surface area contributed by atoms with Gasteiger partial charge in [0.05, 0.1) is 11.5 Å². The van der Waals surface area contributed by atoms with Crippen LogP contribution in [0.25, 0.3) is 0 Å². The van der Waals surface area contributed by atoms with Crippen molar-refractivity contribution in [3.63, 3.8) is 0 Å². The summed E-state index contributed by atoms with van der Waals surface area (Å²) >= 11 is 0. The van der Waals surface area contributed by atoms with Gasteiger partial charge in [0.2, 0.25) is 15.9 Å². The minimum absolute atomic E-state index is 0.0638. The second kappa shape index (κ2) is 9.16. The van der Waals surface area contributed by atoms with Crippen molar-refractivity contribution >= 4 is 15.9 Å². The predicted molar refractivity (Wildman–Crippen MR) is 103 cm³/mol. The fourth-order valence-corrected chi connectivity index (χ4v) is 3.85. The average Bonchev–Trinajstić information content (AvgIpc) is 3.47. The Bertz CT molecular complexity index is 912. The summed E-state index contributed by atoms with van der Waals surface area (Å²) in [6.07, 6.45) is 2.56. The first kappa shape index (κ1) is 20.3. The van der Waals surface area contributed by atoms with E-state index in [-0.39, 0.29) is 29.1 Å². The van der Waals surface area contributed by atoms with Crippen LogP contribution in [0.4, 0.5) is 4.39 Å². The van der Waals surface area contributed by atoms with E-state index in [1.807, 2.05) is 0 Å². The van der Waals surface area contributed by atoms with Crippen LogP contribution >= 0.6 is 0 Å². The maximum atomic E-state index is 13.0. The Balaban J connectivity index is 1.37. The molecule has 0 aliphatic heterocycles. The molecule has 0 unspecified atom stereocenters. The largest absolute Gasteiger partial charge is 0.493 e. The van der Waals surface area contributed by atoms with Crippen LogP contribution < -0.4 is 14.8 Å². The van der Waals surface area contributed by atoms with Crippen molar-refractivity contribution < 1.29 is 22.3 Å². The molecule has 0 bridgehead atoms. The fraction of sp³-hybridized carbons (Fsp3) is 0.350. The SMILES string of the molecule is O=C(CCCOc1cccc(F)c1)NCc1ccc(S(=O)(=O)NC2CC2)cc1. The molecule has 2 aromatic rings. The Kier molecular flexibility index (Phi) is 6.64. The van der Waals surface area contributed by atoms with Gasteiger partial charge < -0.3 is 10.1 Å². The van der Waals surface area contributed by atoms with Crippen LogP contribution in [0.15, 0.2) is 53.4 Å². The highest BCUT2D eigenvalue weighted by molar-refractivity contribution is 7.89. The quantitative estimate of drug-likeness (QED) is 0.594. The van der Waals surface area contributed by atoms with Gasteiger partial charge in [-0.2, -0.15) is 0 Å². The van der Waals surface area contributed by atoms with E-state index in [1.165, 1.54) is 12.1 Å². The highest BCUT2D eigenvalue weighted by atomic mass is 32.2. The summed E-state index contributed by atoms with van der Waals surface area (Å²) in [6, 6.07) is 12.4. The molecule has 0 heterocycles. The third-order valence-corrected chi connectivity index (χ3v) is 5.77. The second-order valence-corrected chi connectivity index (χ2v) is 8.44. The van der Waals surface area contributed by atoms with Crippen LogP contribution in [0.1, 0.15) is 31.2 Å². The molecular weight excluding hydrogens is 383 g/mol. The number of rotatable bonds is 10. The van der Waals surface area contributed by atoms with Gasteiger partial charge in [0.1, 0.15) is 11.6 Å². The van der Waals surface area contributed by atoms with E-state index in [2.05, 4.69) is 10.0 Å². The number of nitrogens with one attached hydrogen (secondary N) is 2. The van der Waals surface area contributed by atoms with E-state index >= 15 is 0 Å². The van der Waals surface area contributed by atoms with Crippen LogP contribution in [0, 0.1) is 5.82 Å². The molecule has 0 saturated heterocycles. The summed E-state index contributed by atoms with van der Waals surface area (Å²) in [5.41, 5.74) is 0.815. The highest BCUT2D eigenvalue weighted by Gasteiger charge is 2.27. The first-order chi connectivity index (χ1) is 13.4. The highest BCUT2D eigenvalue weighted by Crippen LogP contribution is 2.22. The number of carbonyl (C=O) groups excluding carboxylic acids is 1. The van der Waals surface area contributed by atoms with Crippen LogP contribution in [0.5, 0.6) is 5.75 Å². The van der Waals surface area contributed by atoms with Gasteiger partial charge in [0, 0.05) is 25.1 Å². The number of carbonyl (C=O) groups is 1. The van der Waals surface area contributed by atoms with Gasteiger partial charge in [-0.25, -0.2) is 17.5 Å². The van der Waals surface area contributed by atoms with Crippen molar-refractivity contribution in [3.05, 3.63) is 59.9 Å². The molecule has 1 aliphatic rings. The van der Waals surface area contributed by atoms with Gasteiger partial charge in [-0.1, -0.05) is 18.2 Å². The molecule has 0 radical (unpaired) electrons. The normalized spacial score (nSPS) is 13.9. The molecule has 3 rings (SSSR count). The lowest BCUT2D eigenvalue weighted by molar-refractivity contribution is -0.121. The average molecular weight is 406 g/mol. The van der Waals surface area contributed by atoms with E-state index < -0.39 is 10.0 Å². The maximum Gasteiger partial charge on any atom is 0.240 e. The van der Waals surface area contributed by atoms with Gasteiger partial charge in [-0.05, 0) is 49.1 Å². The molecule has 6 nitrogen and oxygen atoms in total. The molecule has 0 aromatic heterocycles. The Labute approximate surface area is 164 Å². The van der Waals surface area contributed by atoms with E-state index in [1.54, 1.807) is 36.4 Å². The fourth-order valence-electron chi connectivity index (χ4n) is 2.54. The summed E-state index contributed by atoms with van der Waals surface area (Å²) in [4.78, 5) is 12.1. The number of ether oxygens (including phenoxy) is 1. The van der Waals surface area contributed by atoms with Crippen LogP contribution in [0.2, 0.25) is 0 Å². The predicted octanol–water partition coefficient (Wildman–Crippen LogP) is 2.74. The summed E-state index contributed by atoms with van der Waals surface area (Å²) in [7, 11) is -3.46. The smallest absolute Gasteiger partial charge is 0.240 e. The lowest BCUT2D eigenvalue weighted by Crippen LogP contribution is -2.26. The van der Waals surface area contributed by atoms with Crippen molar-refractivity contribution in [2.45, 2.75) is 43.2 Å². The van der Waals surface area contributed by atoms with Crippen molar-refractivity contribution in [1.29, 1.82) is 0 Å². The Morgan fingerprint density at radius 3 is 2.57 bits per heavy atom. The molecule has 0 atom stereocenters. The molecule has 2 N–H and O–H groups in total. The molecule has 2 aromatic carbocycles. The number of halogens is 1. The summed E-state index contributed by atoms with van der Waals surface area (Å²) in [5.74, 6) is -0.0565. The first-order valence-corrected chi connectivity index (χ1v) is 10.7. The van der Waals surface area contributed by atoms with E-state index in [4.69, 9.17) is 4.74 Å². The minimum Gasteiger partial charge on any atom is -0.493 e.